The Morgan fingerprint density at radius 2 is 2.33 bits per heavy atom. The summed E-state index contributed by atoms with van der Waals surface area (Å²) in [5.41, 5.74) is -0.112. The first kappa shape index (κ1) is 11.7. The molecule has 0 aliphatic carbocycles. The monoisotopic (exact) mass is 230 g/mol. The Hall–Kier alpha value is -1.33. The van der Waals surface area contributed by atoms with Crippen molar-refractivity contribution in [2.24, 2.45) is 0 Å². The Labute approximate surface area is 92.1 Å². The first-order valence-corrected chi connectivity index (χ1v) is 4.74. The molecule has 1 rings (SSSR count). The normalized spacial score (nSPS) is 10.0. The molecule has 1 N–H and O–H groups in total. The van der Waals surface area contributed by atoms with Crippen LogP contribution in [0.2, 0.25) is 5.02 Å². The third-order valence-corrected chi connectivity index (χ3v) is 1.96. The van der Waals surface area contributed by atoms with Crippen LogP contribution in [-0.2, 0) is 0 Å². The number of benzene rings is 1. The number of nitro benzene ring substituents is 1. The van der Waals surface area contributed by atoms with Gasteiger partial charge in [-0.1, -0.05) is 11.6 Å². The molecule has 0 unspecified atom stereocenters. The number of likely N-dealkylation sites (N-methyl/N-ethyl adjacent to an activating group) is 1. The van der Waals surface area contributed by atoms with Crippen LogP contribution in [-0.4, -0.2) is 25.1 Å². The highest BCUT2D eigenvalue weighted by Gasteiger charge is 2.15. The number of nitrogens with zero attached hydrogens (tertiary/aromatic N) is 1. The van der Waals surface area contributed by atoms with E-state index in [0.29, 0.717) is 18.2 Å². The topological polar surface area (TPSA) is 64.4 Å². The first-order chi connectivity index (χ1) is 7.15. The fraction of sp³-hybridized carbons (Fsp3) is 0.333. The van der Waals surface area contributed by atoms with Gasteiger partial charge in [0.1, 0.15) is 6.61 Å². The van der Waals surface area contributed by atoms with Gasteiger partial charge in [0.2, 0.25) is 0 Å². The lowest BCUT2D eigenvalue weighted by Gasteiger charge is -2.06. The molecule has 0 fully saturated rings. The van der Waals surface area contributed by atoms with E-state index >= 15 is 0 Å². The molecular weight excluding hydrogens is 220 g/mol. The van der Waals surface area contributed by atoms with Gasteiger partial charge in [0.15, 0.2) is 5.75 Å². The van der Waals surface area contributed by atoms with E-state index in [0.717, 1.165) is 0 Å². The minimum absolute atomic E-state index is 0.112. The molecule has 0 saturated carbocycles. The SMILES string of the molecule is CNCCOc1ccc(Cl)cc1[N+](=O)[O-]. The molecule has 0 atom stereocenters. The van der Waals surface area contributed by atoms with Crippen molar-refractivity contribution in [1.29, 1.82) is 0 Å². The van der Waals surface area contributed by atoms with Gasteiger partial charge in [-0.2, -0.15) is 0 Å². The predicted molar refractivity (Wildman–Crippen MR) is 57.5 cm³/mol. The van der Waals surface area contributed by atoms with E-state index in [1.807, 2.05) is 0 Å². The van der Waals surface area contributed by atoms with Gasteiger partial charge in [-0.05, 0) is 19.2 Å². The van der Waals surface area contributed by atoms with E-state index in [2.05, 4.69) is 5.32 Å². The van der Waals surface area contributed by atoms with Crippen LogP contribution >= 0.6 is 11.6 Å². The van der Waals surface area contributed by atoms with Crippen molar-refractivity contribution in [2.45, 2.75) is 0 Å². The molecule has 5 nitrogen and oxygen atoms in total. The lowest BCUT2D eigenvalue weighted by molar-refractivity contribution is -0.385. The Bertz CT molecular complexity index is 357. The minimum atomic E-state index is -0.513. The molecule has 0 heterocycles. The number of nitrogens with one attached hydrogen (secondary N) is 1. The second-order valence-electron chi connectivity index (χ2n) is 2.82. The standard InChI is InChI=1S/C9H11ClN2O3/c1-11-4-5-15-9-3-2-7(10)6-8(9)12(13)14/h2-3,6,11H,4-5H2,1H3. The van der Waals surface area contributed by atoms with Crippen molar-refractivity contribution in [3.8, 4) is 5.75 Å². The zero-order valence-electron chi connectivity index (χ0n) is 8.20. The Kier molecular flexibility index (Phi) is 4.33. The lowest BCUT2D eigenvalue weighted by atomic mass is 10.3. The van der Waals surface area contributed by atoms with Crippen molar-refractivity contribution in [3.05, 3.63) is 33.3 Å². The number of hydrogen-bond acceptors (Lipinski definition) is 4. The summed E-state index contributed by atoms with van der Waals surface area (Å²) in [4.78, 5) is 10.1. The van der Waals surface area contributed by atoms with Gasteiger partial charge in [0.05, 0.1) is 4.92 Å². The van der Waals surface area contributed by atoms with E-state index < -0.39 is 4.92 Å². The zero-order valence-corrected chi connectivity index (χ0v) is 8.95. The summed E-state index contributed by atoms with van der Waals surface area (Å²) in [6.45, 7) is 0.999. The second kappa shape index (κ2) is 5.53. The van der Waals surface area contributed by atoms with Gasteiger partial charge in [0.25, 0.3) is 0 Å². The molecule has 0 spiro atoms. The minimum Gasteiger partial charge on any atom is -0.485 e. The molecule has 82 valence electrons. The van der Waals surface area contributed by atoms with Crippen LogP contribution in [0.5, 0.6) is 5.75 Å². The summed E-state index contributed by atoms with van der Waals surface area (Å²) in [5.74, 6) is 0.236. The number of halogens is 1. The van der Waals surface area contributed by atoms with Gasteiger partial charge in [-0.25, -0.2) is 0 Å². The maximum Gasteiger partial charge on any atom is 0.312 e. The number of rotatable bonds is 5. The maximum atomic E-state index is 10.7. The highest BCUT2D eigenvalue weighted by molar-refractivity contribution is 6.30. The molecular formula is C9H11ClN2O3. The fourth-order valence-corrected chi connectivity index (χ4v) is 1.18. The van der Waals surface area contributed by atoms with Gasteiger partial charge in [-0.3, -0.25) is 10.1 Å². The summed E-state index contributed by atoms with van der Waals surface area (Å²) in [6.07, 6.45) is 0. The van der Waals surface area contributed by atoms with Crippen molar-refractivity contribution in [2.75, 3.05) is 20.2 Å². The summed E-state index contributed by atoms with van der Waals surface area (Å²) in [5, 5.41) is 13.9. The maximum absolute atomic E-state index is 10.7. The Morgan fingerprint density at radius 1 is 1.60 bits per heavy atom. The van der Waals surface area contributed by atoms with Gasteiger partial charge >= 0.3 is 5.69 Å². The predicted octanol–water partition coefficient (Wildman–Crippen LogP) is 1.85. The van der Waals surface area contributed by atoms with Crippen molar-refractivity contribution in [1.82, 2.24) is 5.32 Å². The van der Waals surface area contributed by atoms with Crippen molar-refractivity contribution < 1.29 is 9.66 Å². The molecule has 0 saturated heterocycles. The molecule has 0 aliphatic rings. The summed E-state index contributed by atoms with van der Waals surface area (Å²) < 4.78 is 5.23. The highest BCUT2D eigenvalue weighted by Crippen LogP contribution is 2.29. The highest BCUT2D eigenvalue weighted by atomic mass is 35.5. The van der Waals surface area contributed by atoms with Crippen LogP contribution in [0.1, 0.15) is 0 Å². The Balaban J connectivity index is 2.81. The van der Waals surface area contributed by atoms with Crippen molar-refractivity contribution in [3.63, 3.8) is 0 Å². The summed E-state index contributed by atoms with van der Waals surface area (Å²) >= 11 is 5.65. The summed E-state index contributed by atoms with van der Waals surface area (Å²) in [7, 11) is 1.78. The van der Waals surface area contributed by atoms with E-state index in [1.165, 1.54) is 12.1 Å². The van der Waals surface area contributed by atoms with E-state index in [9.17, 15) is 10.1 Å². The number of hydrogen-bond donors (Lipinski definition) is 1. The molecule has 0 aliphatic heterocycles. The van der Waals surface area contributed by atoms with Crippen LogP contribution in [0.3, 0.4) is 0 Å². The zero-order chi connectivity index (χ0) is 11.3. The third-order valence-electron chi connectivity index (χ3n) is 1.73. The van der Waals surface area contributed by atoms with Gasteiger partial charge < -0.3 is 10.1 Å². The average Bonchev–Trinajstić information content (AvgIpc) is 2.20. The number of nitro groups is 1. The number of ether oxygens (including phenoxy) is 1. The molecule has 1 aromatic carbocycles. The molecule has 0 amide bonds. The van der Waals surface area contributed by atoms with E-state index in [4.69, 9.17) is 16.3 Å². The smallest absolute Gasteiger partial charge is 0.312 e. The van der Waals surface area contributed by atoms with Gasteiger partial charge in [0, 0.05) is 17.6 Å². The van der Waals surface area contributed by atoms with Crippen LogP contribution in [0.4, 0.5) is 5.69 Å². The average molecular weight is 231 g/mol. The van der Waals surface area contributed by atoms with Crippen LogP contribution in [0.25, 0.3) is 0 Å². The molecule has 0 radical (unpaired) electrons. The summed E-state index contributed by atoms with van der Waals surface area (Å²) in [6, 6.07) is 4.33. The van der Waals surface area contributed by atoms with Crippen LogP contribution in [0, 0.1) is 10.1 Å². The first-order valence-electron chi connectivity index (χ1n) is 4.36. The molecule has 0 bridgehead atoms. The molecule has 6 heteroatoms. The molecule has 15 heavy (non-hydrogen) atoms. The molecule has 0 aromatic heterocycles. The van der Waals surface area contributed by atoms with Gasteiger partial charge in [-0.15, -0.1) is 0 Å². The Morgan fingerprint density at radius 3 is 2.93 bits per heavy atom. The fourth-order valence-electron chi connectivity index (χ4n) is 1.02. The third kappa shape index (κ3) is 3.38. The second-order valence-corrected chi connectivity index (χ2v) is 3.26. The van der Waals surface area contributed by atoms with Crippen LogP contribution in [0.15, 0.2) is 18.2 Å². The quantitative estimate of drug-likeness (QED) is 0.476. The lowest BCUT2D eigenvalue weighted by Crippen LogP contribution is -2.16. The van der Waals surface area contributed by atoms with E-state index in [-0.39, 0.29) is 11.4 Å². The van der Waals surface area contributed by atoms with Crippen molar-refractivity contribution >= 4 is 17.3 Å². The largest absolute Gasteiger partial charge is 0.485 e. The van der Waals surface area contributed by atoms with Crippen LogP contribution < -0.4 is 10.1 Å². The molecule has 1 aromatic rings. The van der Waals surface area contributed by atoms with E-state index in [1.54, 1.807) is 13.1 Å².